The van der Waals surface area contributed by atoms with E-state index in [4.69, 9.17) is 4.74 Å². The van der Waals surface area contributed by atoms with Crippen molar-refractivity contribution in [2.45, 2.75) is 43.4 Å². The second-order valence-corrected chi connectivity index (χ2v) is 11.5. The quantitative estimate of drug-likeness (QED) is 0.547. The summed E-state index contributed by atoms with van der Waals surface area (Å²) >= 11 is 0. The minimum Gasteiger partial charge on any atom is -0.352 e. The fraction of sp³-hybridized carbons (Fsp3) is 0.440. The molecular formula is C25H23F4N3O4S. The highest BCUT2D eigenvalue weighted by atomic mass is 32.2. The van der Waals surface area contributed by atoms with Crippen molar-refractivity contribution in [3.63, 3.8) is 0 Å². The predicted octanol–water partition coefficient (Wildman–Crippen LogP) is 3.20. The minimum absolute atomic E-state index is 0.0316. The molecule has 3 fully saturated rings. The van der Waals surface area contributed by atoms with Crippen LogP contribution in [0.15, 0.2) is 36.4 Å². The summed E-state index contributed by atoms with van der Waals surface area (Å²) in [6.07, 6.45) is 1.08. The fourth-order valence-corrected chi connectivity index (χ4v) is 6.25. The largest absolute Gasteiger partial charge is 0.352 e. The van der Waals surface area contributed by atoms with Crippen LogP contribution in [-0.2, 0) is 26.0 Å². The molecule has 2 aromatic rings. The van der Waals surface area contributed by atoms with Crippen LogP contribution < -0.4 is 4.72 Å². The Morgan fingerprint density at radius 1 is 1.16 bits per heavy atom. The number of likely N-dealkylation sites (tertiary alicyclic amines) is 1. The van der Waals surface area contributed by atoms with Crippen molar-refractivity contribution in [2.75, 3.05) is 19.2 Å². The van der Waals surface area contributed by atoms with Gasteiger partial charge < -0.3 is 9.64 Å². The number of ether oxygens (including phenoxy) is 1. The van der Waals surface area contributed by atoms with Crippen LogP contribution in [0.25, 0.3) is 11.1 Å². The van der Waals surface area contributed by atoms with Crippen molar-refractivity contribution in [2.24, 2.45) is 5.41 Å². The molecule has 0 unspecified atom stereocenters. The molecule has 1 saturated carbocycles. The number of carbonyl (C=O) groups excluding carboxylic acids is 1. The number of nitrogens with zero attached hydrogens (tertiary/aromatic N) is 2. The van der Waals surface area contributed by atoms with Crippen LogP contribution in [0, 0.1) is 34.2 Å². The second kappa shape index (κ2) is 9.08. The van der Waals surface area contributed by atoms with Crippen molar-refractivity contribution in [3.05, 3.63) is 59.4 Å². The summed E-state index contributed by atoms with van der Waals surface area (Å²) in [4.78, 5) is 14.8. The van der Waals surface area contributed by atoms with Gasteiger partial charge in [0.1, 0.15) is 23.5 Å². The molecule has 2 heterocycles. The number of nitriles is 1. The number of benzene rings is 2. The van der Waals surface area contributed by atoms with Gasteiger partial charge in [0.05, 0.1) is 12.6 Å². The molecule has 12 heteroatoms. The molecule has 196 valence electrons. The third-order valence-electron chi connectivity index (χ3n) is 7.54. The topological polar surface area (TPSA) is 99.5 Å². The van der Waals surface area contributed by atoms with Gasteiger partial charge in [-0.1, -0.05) is 18.2 Å². The number of amides is 1. The SMILES string of the molecule is N#C[C@]1(C(=O)N2CC3(CC3)[C@H](NS(=O)(=O)CF)[C@@H]2Cc2cccc(-c3cc(F)cc(F)c3)c2F)CCO1. The van der Waals surface area contributed by atoms with E-state index in [-0.39, 0.29) is 42.7 Å². The van der Waals surface area contributed by atoms with Gasteiger partial charge in [-0.15, -0.1) is 0 Å². The summed E-state index contributed by atoms with van der Waals surface area (Å²) < 4.78 is 88.7. The highest BCUT2D eigenvalue weighted by Crippen LogP contribution is 2.56. The predicted molar refractivity (Wildman–Crippen MR) is 123 cm³/mol. The van der Waals surface area contributed by atoms with Gasteiger partial charge in [0.2, 0.25) is 21.6 Å². The maximum Gasteiger partial charge on any atom is 0.270 e. The Balaban J connectivity index is 1.55. The van der Waals surface area contributed by atoms with E-state index in [9.17, 15) is 31.6 Å². The molecule has 3 aliphatic rings. The van der Waals surface area contributed by atoms with Crippen LogP contribution in [0.3, 0.4) is 0 Å². The van der Waals surface area contributed by atoms with Crippen molar-refractivity contribution in [1.29, 1.82) is 5.26 Å². The van der Waals surface area contributed by atoms with Crippen LogP contribution in [0.4, 0.5) is 17.6 Å². The van der Waals surface area contributed by atoms with Gasteiger partial charge in [0, 0.05) is 36.1 Å². The Labute approximate surface area is 211 Å². The minimum atomic E-state index is -4.34. The van der Waals surface area contributed by atoms with Crippen molar-refractivity contribution in [1.82, 2.24) is 9.62 Å². The summed E-state index contributed by atoms with van der Waals surface area (Å²) in [5.41, 5.74) is -2.43. The molecule has 2 aromatic carbocycles. The summed E-state index contributed by atoms with van der Waals surface area (Å²) in [6.45, 7) is 0.306. The van der Waals surface area contributed by atoms with Crippen molar-refractivity contribution < 1.29 is 35.5 Å². The van der Waals surface area contributed by atoms with E-state index >= 15 is 4.39 Å². The van der Waals surface area contributed by atoms with Crippen LogP contribution in [0.5, 0.6) is 0 Å². The molecule has 0 radical (unpaired) electrons. The number of halogens is 4. The third kappa shape index (κ3) is 4.49. The Hall–Kier alpha value is -3.01. The van der Waals surface area contributed by atoms with E-state index in [1.807, 2.05) is 6.07 Å². The maximum atomic E-state index is 15.7. The van der Waals surface area contributed by atoms with Crippen molar-refractivity contribution >= 4 is 15.9 Å². The van der Waals surface area contributed by atoms with E-state index < -0.39 is 62.5 Å². The zero-order valence-corrected chi connectivity index (χ0v) is 20.3. The van der Waals surface area contributed by atoms with Crippen LogP contribution in [0.1, 0.15) is 24.8 Å². The number of hydrogen-bond acceptors (Lipinski definition) is 5. The first-order valence-electron chi connectivity index (χ1n) is 11.7. The molecule has 5 rings (SSSR count). The van der Waals surface area contributed by atoms with E-state index in [0.29, 0.717) is 18.9 Å². The number of rotatable bonds is 7. The monoisotopic (exact) mass is 537 g/mol. The normalized spacial score (nSPS) is 26.1. The van der Waals surface area contributed by atoms with Gasteiger partial charge in [-0.2, -0.15) is 5.26 Å². The first-order valence-corrected chi connectivity index (χ1v) is 13.3. The fourth-order valence-electron chi connectivity index (χ4n) is 5.39. The third-order valence-corrected chi connectivity index (χ3v) is 8.44. The Bertz CT molecular complexity index is 1380. The highest BCUT2D eigenvalue weighted by Gasteiger charge is 2.64. The number of hydrogen-bond donors (Lipinski definition) is 1. The summed E-state index contributed by atoms with van der Waals surface area (Å²) in [7, 11) is -4.34. The molecular weight excluding hydrogens is 514 g/mol. The lowest BCUT2D eigenvalue weighted by Crippen LogP contribution is -2.59. The van der Waals surface area contributed by atoms with E-state index in [0.717, 1.165) is 12.1 Å². The lowest BCUT2D eigenvalue weighted by atomic mass is 9.90. The lowest BCUT2D eigenvalue weighted by Gasteiger charge is -2.39. The molecule has 3 atom stereocenters. The molecule has 1 amide bonds. The molecule has 1 spiro atoms. The Morgan fingerprint density at radius 2 is 1.84 bits per heavy atom. The molecule has 2 aliphatic heterocycles. The van der Waals surface area contributed by atoms with Gasteiger partial charge in [0.15, 0.2) is 0 Å². The van der Waals surface area contributed by atoms with Crippen LogP contribution in [0.2, 0.25) is 0 Å². The van der Waals surface area contributed by atoms with Gasteiger partial charge in [-0.3, -0.25) is 4.79 Å². The smallest absolute Gasteiger partial charge is 0.270 e. The lowest BCUT2D eigenvalue weighted by molar-refractivity contribution is -0.172. The number of sulfonamides is 1. The molecule has 1 N–H and O–H groups in total. The molecule has 0 bridgehead atoms. The van der Waals surface area contributed by atoms with E-state index in [1.54, 1.807) is 0 Å². The second-order valence-electron chi connectivity index (χ2n) is 9.86. The summed E-state index contributed by atoms with van der Waals surface area (Å²) in [5, 5.41) is 9.63. The average Bonchev–Trinajstić information content (AvgIpc) is 3.54. The standard InChI is InChI=1S/C25H23F4N3O4S/c26-14-37(34,35)31-22-20(32(13-24(22)4-5-24)23(33)25(12-30)6-7-36-25)10-15-2-1-3-19(21(15)29)16-8-17(27)11-18(28)9-16/h1-3,8-9,11,20,22,31H,4-7,10,13-14H2/t20-,22+,25-/m0/s1. The Kier molecular flexibility index (Phi) is 6.29. The summed E-state index contributed by atoms with van der Waals surface area (Å²) in [5.74, 6) is -3.21. The molecule has 1 aliphatic carbocycles. The van der Waals surface area contributed by atoms with Gasteiger partial charge in [0.25, 0.3) is 5.91 Å². The molecule has 37 heavy (non-hydrogen) atoms. The Morgan fingerprint density at radius 3 is 2.38 bits per heavy atom. The highest BCUT2D eigenvalue weighted by molar-refractivity contribution is 7.89. The van der Waals surface area contributed by atoms with Crippen molar-refractivity contribution in [3.8, 4) is 17.2 Å². The summed E-state index contributed by atoms with van der Waals surface area (Å²) in [6, 6.07) is 5.23. The van der Waals surface area contributed by atoms with E-state index in [2.05, 4.69) is 4.72 Å². The molecule has 2 saturated heterocycles. The number of carbonyl (C=O) groups is 1. The van der Waals surface area contributed by atoms with Crippen LogP contribution >= 0.6 is 0 Å². The maximum absolute atomic E-state index is 15.7. The van der Waals surface area contributed by atoms with Gasteiger partial charge in [-0.25, -0.2) is 30.7 Å². The molecule has 7 nitrogen and oxygen atoms in total. The molecule has 0 aromatic heterocycles. The van der Waals surface area contributed by atoms with Crippen LogP contribution in [-0.4, -0.2) is 56.1 Å². The zero-order chi connectivity index (χ0) is 26.6. The van der Waals surface area contributed by atoms with E-state index in [1.165, 1.54) is 23.1 Å². The van der Waals surface area contributed by atoms with Gasteiger partial charge >= 0.3 is 0 Å². The van der Waals surface area contributed by atoms with Gasteiger partial charge in [-0.05, 0) is 42.5 Å². The zero-order valence-electron chi connectivity index (χ0n) is 19.5. The number of alkyl halides is 1. The first-order chi connectivity index (χ1) is 17.5. The first kappa shape index (κ1) is 25.6. The average molecular weight is 538 g/mol. The number of nitrogens with one attached hydrogen (secondary N) is 1.